The van der Waals surface area contributed by atoms with Gasteiger partial charge in [0.2, 0.25) is 11.7 Å². The van der Waals surface area contributed by atoms with Crippen LogP contribution in [0.5, 0.6) is 0 Å². The molecule has 3 aromatic rings. The number of likely N-dealkylation sites (tertiary alicyclic amines) is 1. The second-order valence-electron chi connectivity index (χ2n) is 6.67. The molecule has 1 fully saturated rings. The molecule has 0 N–H and O–H groups in total. The van der Waals surface area contributed by atoms with Crippen molar-refractivity contribution in [1.29, 1.82) is 0 Å². The summed E-state index contributed by atoms with van der Waals surface area (Å²) in [6.07, 6.45) is 6.97. The molecule has 0 unspecified atom stereocenters. The molecule has 25 heavy (non-hydrogen) atoms. The number of piperidine rings is 1. The van der Waals surface area contributed by atoms with Gasteiger partial charge in [-0.3, -0.25) is 9.88 Å². The Morgan fingerprint density at radius 2 is 2.16 bits per heavy atom. The van der Waals surface area contributed by atoms with Crippen LogP contribution in [-0.4, -0.2) is 26.6 Å². The van der Waals surface area contributed by atoms with Crippen LogP contribution >= 0.6 is 0 Å². The van der Waals surface area contributed by atoms with Gasteiger partial charge in [0.15, 0.2) is 0 Å². The Hall–Kier alpha value is -2.53. The summed E-state index contributed by atoms with van der Waals surface area (Å²) in [5.41, 5.74) is 3.51. The molecule has 0 aliphatic carbocycles. The lowest BCUT2D eigenvalue weighted by atomic mass is 10.0. The van der Waals surface area contributed by atoms with Crippen molar-refractivity contribution >= 4 is 0 Å². The van der Waals surface area contributed by atoms with Crippen molar-refractivity contribution in [3.05, 3.63) is 65.8 Å². The molecule has 1 saturated heterocycles. The van der Waals surface area contributed by atoms with Crippen molar-refractivity contribution in [2.75, 3.05) is 6.54 Å². The lowest BCUT2D eigenvalue weighted by molar-refractivity contribution is 0.111. The van der Waals surface area contributed by atoms with E-state index in [0.29, 0.717) is 11.7 Å². The number of benzene rings is 1. The summed E-state index contributed by atoms with van der Waals surface area (Å²) in [7, 11) is 0. The molecular formula is C20H22N4O. The van der Waals surface area contributed by atoms with Crippen LogP contribution in [0.3, 0.4) is 0 Å². The van der Waals surface area contributed by atoms with E-state index in [1.54, 1.807) is 12.4 Å². The zero-order valence-electron chi connectivity index (χ0n) is 14.4. The van der Waals surface area contributed by atoms with Crippen LogP contribution in [0, 0.1) is 6.92 Å². The highest BCUT2D eigenvalue weighted by Crippen LogP contribution is 2.32. The molecule has 2 aromatic heterocycles. The number of aromatic nitrogens is 3. The zero-order valence-corrected chi connectivity index (χ0v) is 14.4. The van der Waals surface area contributed by atoms with Crippen LogP contribution in [0.25, 0.3) is 11.4 Å². The molecular weight excluding hydrogens is 312 g/mol. The van der Waals surface area contributed by atoms with Gasteiger partial charge in [-0.1, -0.05) is 41.4 Å². The molecule has 128 valence electrons. The average Bonchev–Trinajstić information content (AvgIpc) is 3.13. The molecule has 5 heteroatoms. The fourth-order valence-corrected chi connectivity index (χ4v) is 3.49. The monoisotopic (exact) mass is 334 g/mol. The Morgan fingerprint density at radius 3 is 3.00 bits per heavy atom. The molecule has 1 aliphatic rings. The SMILES string of the molecule is Cc1cccc(CN2CCCC[C@@H]2c2nc(-c3cccnc3)no2)c1. The Bertz CT molecular complexity index is 830. The standard InChI is InChI=1S/C20H22N4O/c1-15-6-4-7-16(12-15)14-24-11-3-2-9-18(24)20-22-19(23-25-20)17-8-5-10-21-13-17/h4-8,10,12-13,18H,2-3,9,11,14H2,1H3/t18-/m1/s1. The average molecular weight is 334 g/mol. The summed E-state index contributed by atoms with van der Waals surface area (Å²) in [4.78, 5) is 11.2. The number of hydrogen-bond acceptors (Lipinski definition) is 5. The molecule has 1 atom stereocenters. The van der Waals surface area contributed by atoms with E-state index in [2.05, 4.69) is 51.2 Å². The van der Waals surface area contributed by atoms with Gasteiger partial charge in [-0.05, 0) is 44.0 Å². The second kappa shape index (κ2) is 7.15. The number of hydrogen-bond donors (Lipinski definition) is 0. The van der Waals surface area contributed by atoms with Gasteiger partial charge in [-0.2, -0.15) is 4.98 Å². The smallest absolute Gasteiger partial charge is 0.244 e. The number of rotatable bonds is 4. The maximum absolute atomic E-state index is 5.62. The summed E-state index contributed by atoms with van der Waals surface area (Å²) in [5.74, 6) is 1.33. The summed E-state index contributed by atoms with van der Waals surface area (Å²) in [5, 5.41) is 4.16. The van der Waals surface area contributed by atoms with Gasteiger partial charge >= 0.3 is 0 Å². The van der Waals surface area contributed by atoms with Crippen molar-refractivity contribution in [2.24, 2.45) is 0 Å². The first-order chi connectivity index (χ1) is 12.3. The normalized spacial score (nSPS) is 18.4. The molecule has 5 nitrogen and oxygen atoms in total. The van der Waals surface area contributed by atoms with E-state index in [0.717, 1.165) is 25.1 Å². The van der Waals surface area contributed by atoms with E-state index < -0.39 is 0 Å². The fraction of sp³-hybridized carbons (Fsp3) is 0.350. The first-order valence-electron chi connectivity index (χ1n) is 8.83. The summed E-state index contributed by atoms with van der Waals surface area (Å²) < 4.78 is 5.62. The van der Waals surface area contributed by atoms with Crippen LogP contribution < -0.4 is 0 Å². The Morgan fingerprint density at radius 1 is 1.20 bits per heavy atom. The molecule has 0 bridgehead atoms. The molecule has 0 amide bonds. The molecule has 4 rings (SSSR count). The van der Waals surface area contributed by atoms with Crippen molar-refractivity contribution in [3.8, 4) is 11.4 Å². The maximum atomic E-state index is 5.62. The Balaban J connectivity index is 1.56. The van der Waals surface area contributed by atoms with Gasteiger partial charge in [0.25, 0.3) is 0 Å². The minimum atomic E-state index is 0.187. The molecule has 1 aliphatic heterocycles. The first-order valence-corrected chi connectivity index (χ1v) is 8.83. The van der Waals surface area contributed by atoms with Crippen molar-refractivity contribution in [3.63, 3.8) is 0 Å². The lowest BCUT2D eigenvalue weighted by Gasteiger charge is -2.33. The van der Waals surface area contributed by atoms with Crippen LogP contribution in [0.2, 0.25) is 0 Å². The van der Waals surface area contributed by atoms with Crippen LogP contribution in [0.4, 0.5) is 0 Å². The third-order valence-corrected chi connectivity index (χ3v) is 4.73. The highest BCUT2D eigenvalue weighted by molar-refractivity contribution is 5.51. The van der Waals surface area contributed by atoms with Crippen molar-refractivity contribution in [1.82, 2.24) is 20.0 Å². The van der Waals surface area contributed by atoms with Gasteiger partial charge in [0, 0.05) is 24.5 Å². The Kier molecular flexibility index (Phi) is 4.57. The third kappa shape index (κ3) is 3.61. The number of aryl methyl sites for hydroxylation is 1. The number of nitrogens with zero attached hydrogens (tertiary/aromatic N) is 4. The van der Waals surface area contributed by atoms with E-state index in [4.69, 9.17) is 4.52 Å². The summed E-state index contributed by atoms with van der Waals surface area (Å²) in [6.45, 7) is 4.11. The molecule has 1 aromatic carbocycles. The van der Waals surface area contributed by atoms with E-state index in [-0.39, 0.29) is 6.04 Å². The Labute approximate surface area is 147 Å². The van der Waals surface area contributed by atoms with Crippen molar-refractivity contribution in [2.45, 2.75) is 38.8 Å². The highest BCUT2D eigenvalue weighted by Gasteiger charge is 2.29. The van der Waals surface area contributed by atoms with E-state index in [9.17, 15) is 0 Å². The first kappa shape index (κ1) is 16.0. The van der Waals surface area contributed by atoms with E-state index in [1.807, 2.05) is 12.1 Å². The van der Waals surface area contributed by atoms with E-state index in [1.165, 1.54) is 24.0 Å². The maximum Gasteiger partial charge on any atom is 0.244 e. The largest absolute Gasteiger partial charge is 0.337 e. The quantitative estimate of drug-likeness (QED) is 0.717. The third-order valence-electron chi connectivity index (χ3n) is 4.73. The highest BCUT2D eigenvalue weighted by atomic mass is 16.5. The zero-order chi connectivity index (χ0) is 17.1. The lowest BCUT2D eigenvalue weighted by Crippen LogP contribution is -2.33. The second-order valence-corrected chi connectivity index (χ2v) is 6.67. The van der Waals surface area contributed by atoms with Crippen molar-refractivity contribution < 1.29 is 4.52 Å². The van der Waals surface area contributed by atoms with Gasteiger partial charge in [-0.25, -0.2) is 0 Å². The predicted molar refractivity (Wildman–Crippen MR) is 95.7 cm³/mol. The molecule has 0 radical (unpaired) electrons. The fourth-order valence-electron chi connectivity index (χ4n) is 3.49. The van der Waals surface area contributed by atoms with Gasteiger partial charge in [0.05, 0.1) is 6.04 Å². The van der Waals surface area contributed by atoms with Gasteiger partial charge < -0.3 is 4.52 Å². The van der Waals surface area contributed by atoms with Crippen LogP contribution in [-0.2, 0) is 6.54 Å². The van der Waals surface area contributed by atoms with Gasteiger partial charge in [-0.15, -0.1) is 0 Å². The number of pyridine rings is 1. The summed E-state index contributed by atoms with van der Waals surface area (Å²) >= 11 is 0. The minimum absolute atomic E-state index is 0.187. The predicted octanol–water partition coefficient (Wildman–Crippen LogP) is 4.17. The van der Waals surface area contributed by atoms with Crippen LogP contribution in [0.1, 0.15) is 42.3 Å². The molecule has 0 saturated carbocycles. The van der Waals surface area contributed by atoms with Crippen LogP contribution in [0.15, 0.2) is 53.3 Å². The molecule has 0 spiro atoms. The van der Waals surface area contributed by atoms with E-state index >= 15 is 0 Å². The minimum Gasteiger partial charge on any atom is -0.337 e. The summed E-state index contributed by atoms with van der Waals surface area (Å²) in [6, 6.07) is 12.7. The topological polar surface area (TPSA) is 55.1 Å². The molecule has 3 heterocycles. The van der Waals surface area contributed by atoms with Gasteiger partial charge in [0.1, 0.15) is 0 Å².